The normalized spacial score (nSPS) is 15.7. The minimum absolute atomic E-state index is 0.0296. The van der Waals surface area contributed by atoms with E-state index in [4.69, 9.17) is 0 Å². The number of sulfonamides is 1. The molecule has 0 radical (unpaired) electrons. The van der Waals surface area contributed by atoms with E-state index in [1.165, 1.54) is 33.5 Å². The molecule has 2 aromatic heterocycles. The van der Waals surface area contributed by atoms with Crippen LogP contribution in [0, 0.1) is 0 Å². The topological polar surface area (TPSA) is 105 Å². The molecule has 1 fully saturated rings. The van der Waals surface area contributed by atoms with Gasteiger partial charge in [-0.05, 0) is 43.2 Å². The van der Waals surface area contributed by atoms with Gasteiger partial charge in [-0.15, -0.1) is 16.4 Å². The molecule has 0 bridgehead atoms. The first-order chi connectivity index (χ1) is 13.9. The fraction of sp³-hybridized carbons (Fsp3) is 0.211. The molecule has 10 heteroatoms. The Morgan fingerprint density at radius 3 is 2.52 bits per heavy atom. The number of carboxylic acid groups (broad SMARTS) is 1. The van der Waals surface area contributed by atoms with Gasteiger partial charge in [-0.3, -0.25) is 0 Å². The van der Waals surface area contributed by atoms with Crippen molar-refractivity contribution in [3.8, 4) is 5.69 Å². The summed E-state index contributed by atoms with van der Waals surface area (Å²) in [5, 5.41) is 18.1. The standard InChI is InChI=1S/C19H18N4O4S2/c24-19(25)16(12-14-13-20-23(21-14)15-6-2-1-3-7-15)17-8-9-18(28-17)29(26,27)22-10-4-5-11-22/h1-3,6-9,12-13H,4-5,10-11H2,(H,24,25). The Bertz CT molecular complexity index is 1160. The highest BCUT2D eigenvalue weighted by molar-refractivity contribution is 7.91. The van der Waals surface area contributed by atoms with E-state index in [2.05, 4.69) is 10.2 Å². The molecule has 0 unspecified atom stereocenters. The molecule has 4 rings (SSSR count). The zero-order valence-electron chi connectivity index (χ0n) is 15.3. The molecule has 1 saturated heterocycles. The summed E-state index contributed by atoms with van der Waals surface area (Å²) in [5.41, 5.74) is 1.08. The quantitative estimate of drug-likeness (QED) is 0.603. The fourth-order valence-electron chi connectivity index (χ4n) is 3.07. The van der Waals surface area contributed by atoms with Crippen LogP contribution in [0.25, 0.3) is 17.3 Å². The van der Waals surface area contributed by atoms with E-state index < -0.39 is 16.0 Å². The lowest BCUT2D eigenvalue weighted by atomic mass is 10.2. The van der Waals surface area contributed by atoms with Crippen molar-refractivity contribution in [2.45, 2.75) is 17.1 Å². The molecule has 0 atom stereocenters. The maximum atomic E-state index is 12.7. The van der Waals surface area contributed by atoms with Crippen molar-refractivity contribution < 1.29 is 18.3 Å². The number of benzene rings is 1. The fourth-order valence-corrected chi connectivity index (χ4v) is 6.06. The molecule has 1 aliphatic rings. The summed E-state index contributed by atoms with van der Waals surface area (Å²) in [5.74, 6) is -1.16. The third kappa shape index (κ3) is 4.00. The number of rotatable bonds is 6. The van der Waals surface area contributed by atoms with Crippen molar-refractivity contribution in [2.75, 3.05) is 13.1 Å². The third-order valence-corrected chi connectivity index (χ3v) is 8.01. The molecule has 1 aromatic carbocycles. The van der Waals surface area contributed by atoms with E-state index in [0.29, 0.717) is 23.7 Å². The third-order valence-electron chi connectivity index (χ3n) is 4.53. The summed E-state index contributed by atoms with van der Waals surface area (Å²) in [6.45, 7) is 1.000. The number of carboxylic acids is 1. The summed E-state index contributed by atoms with van der Waals surface area (Å²) in [7, 11) is -3.58. The first-order valence-electron chi connectivity index (χ1n) is 8.98. The van der Waals surface area contributed by atoms with Gasteiger partial charge in [-0.2, -0.15) is 14.2 Å². The number of aromatic nitrogens is 3. The van der Waals surface area contributed by atoms with Crippen molar-refractivity contribution in [3.63, 3.8) is 0 Å². The van der Waals surface area contributed by atoms with E-state index in [-0.39, 0.29) is 9.78 Å². The van der Waals surface area contributed by atoms with E-state index in [0.717, 1.165) is 29.9 Å². The summed E-state index contributed by atoms with van der Waals surface area (Å²) in [4.78, 5) is 13.6. The number of para-hydroxylation sites is 1. The molecule has 29 heavy (non-hydrogen) atoms. The smallest absolute Gasteiger partial charge is 0.337 e. The van der Waals surface area contributed by atoms with Gasteiger partial charge in [0.1, 0.15) is 9.90 Å². The number of aliphatic carboxylic acids is 1. The maximum absolute atomic E-state index is 12.7. The number of carbonyl (C=O) groups is 1. The molecule has 150 valence electrons. The molecular weight excluding hydrogens is 412 g/mol. The molecule has 8 nitrogen and oxygen atoms in total. The zero-order chi connectivity index (χ0) is 20.4. The van der Waals surface area contributed by atoms with Crippen LogP contribution in [-0.4, -0.2) is 51.9 Å². The summed E-state index contributed by atoms with van der Waals surface area (Å²) < 4.78 is 27.0. The Morgan fingerprint density at radius 2 is 1.83 bits per heavy atom. The highest BCUT2D eigenvalue weighted by Gasteiger charge is 2.29. The zero-order valence-corrected chi connectivity index (χ0v) is 16.9. The van der Waals surface area contributed by atoms with Crippen LogP contribution in [0.2, 0.25) is 0 Å². The average Bonchev–Trinajstić information content (AvgIpc) is 3.48. The first kappa shape index (κ1) is 19.5. The van der Waals surface area contributed by atoms with Crippen LogP contribution in [0.1, 0.15) is 23.4 Å². The lowest BCUT2D eigenvalue weighted by Gasteiger charge is -2.13. The summed E-state index contributed by atoms with van der Waals surface area (Å²) >= 11 is 0.952. The Labute approximate surface area is 171 Å². The molecule has 0 amide bonds. The first-order valence-corrected chi connectivity index (χ1v) is 11.2. The van der Waals surface area contributed by atoms with Crippen LogP contribution >= 0.6 is 11.3 Å². The lowest BCUT2D eigenvalue weighted by Crippen LogP contribution is -2.27. The van der Waals surface area contributed by atoms with Gasteiger partial charge >= 0.3 is 5.97 Å². The highest BCUT2D eigenvalue weighted by Crippen LogP contribution is 2.31. The largest absolute Gasteiger partial charge is 0.478 e. The van der Waals surface area contributed by atoms with Crippen LogP contribution in [0.4, 0.5) is 0 Å². The van der Waals surface area contributed by atoms with Gasteiger partial charge in [-0.25, -0.2) is 13.2 Å². The van der Waals surface area contributed by atoms with Gasteiger partial charge in [0.25, 0.3) is 10.0 Å². The minimum Gasteiger partial charge on any atom is -0.478 e. The molecule has 0 aliphatic carbocycles. The molecule has 1 aliphatic heterocycles. The number of hydrogen-bond acceptors (Lipinski definition) is 6. The summed E-state index contributed by atoms with van der Waals surface area (Å²) in [6.07, 6.45) is 4.54. The van der Waals surface area contributed by atoms with Gasteiger partial charge in [0.15, 0.2) is 0 Å². The van der Waals surface area contributed by atoms with Crippen molar-refractivity contribution in [1.29, 1.82) is 0 Å². The van der Waals surface area contributed by atoms with Crippen molar-refractivity contribution in [2.24, 2.45) is 0 Å². The number of thiophene rings is 1. The predicted octanol–water partition coefficient (Wildman–Crippen LogP) is 2.74. The number of hydrogen-bond donors (Lipinski definition) is 1. The van der Waals surface area contributed by atoms with Crippen molar-refractivity contribution >= 4 is 39.0 Å². The van der Waals surface area contributed by atoms with E-state index in [1.807, 2.05) is 30.3 Å². The van der Waals surface area contributed by atoms with Crippen LogP contribution in [0.5, 0.6) is 0 Å². The van der Waals surface area contributed by atoms with Gasteiger partial charge in [0.05, 0.1) is 17.5 Å². The van der Waals surface area contributed by atoms with Crippen LogP contribution in [0.3, 0.4) is 0 Å². The number of nitrogens with zero attached hydrogens (tertiary/aromatic N) is 4. The predicted molar refractivity (Wildman–Crippen MR) is 109 cm³/mol. The van der Waals surface area contributed by atoms with Gasteiger partial charge in [-0.1, -0.05) is 18.2 Å². The molecule has 0 saturated carbocycles. The van der Waals surface area contributed by atoms with Crippen molar-refractivity contribution in [3.05, 3.63) is 59.2 Å². The van der Waals surface area contributed by atoms with Gasteiger partial charge in [0.2, 0.25) is 0 Å². The second-order valence-corrected chi connectivity index (χ2v) is 9.74. The van der Waals surface area contributed by atoms with Crippen molar-refractivity contribution in [1.82, 2.24) is 19.3 Å². The van der Waals surface area contributed by atoms with Crippen LogP contribution < -0.4 is 0 Å². The molecule has 1 N–H and O–H groups in total. The van der Waals surface area contributed by atoms with E-state index in [9.17, 15) is 18.3 Å². The Balaban J connectivity index is 1.65. The van der Waals surface area contributed by atoms with Crippen LogP contribution in [0.15, 0.2) is 52.9 Å². The SMILES string of the molecule is O=C(O)C(=Cc1cnn(-c2ccccc2)n1)c1ccc(S(=O)(=O)N2CCCC2)s1. The van der Waals surface area contributed by atoms with E-state index >= 15 is 0 Å². The average molecular weight is 431 g/mol. The molecule has 3 heterocycles. The summed E-state index contributed by atoms with van der Waals surface area (Å²) in [6, 6.07) is 12.2. The monoisotopic (exact) mass is 430 g/mol. The molecule has 0 spiro atoms. The molecule has 3 aromatic rings. The van der Waals surface area contributed by atoms with Crippen LogP contribution in [-0.2, 0) is 14.8 Å². The molecular formula is C19H18N4O4S2. The minimum atomic E-state index is -3.58. The lowest BCUT2D eigenvalue weighted by molar-refractivity contribution is -0.130. The second-order valence-electron chi connectivity index (χ2n) is 6.49. The second kappa shape index (κ2) is 7.90. The Kier molecular flexibility index (Phi) is 5.31. The Morgan fingerprint density at radius 1 is 1.10 bits per heavy atom. The van der Waals surface area contributed by atoms with E-state index in [1.54, 1.807) is 0 Å². The highest BCUT2D eigenvalue weighted by atomic mass is 32.2. The Hall–Kier alpha value is -2.82. The van der Waals surface area contributed by atoms with Gasteiger partial charge in [0, 0.05) is 18.0 Å². The maximum Gasteiger partial charge on any atom is 0.337 e. The van der Waals surface area contributed by atoms with Gasteiger partial charge < -0.3 is 5.11 Å².